The first-order valence-corrected chi connectivity index (χ1v) is 9.76. The van der Waals surface area contributed by atoms with E-state index < -0.39 is 0 Å². The maximum absolute atomic E-state index is 13.0. The monoisotopic (exact) mass is 363 g/mol. The van der Waals surface area contributed by atoms with E-state index in [4.69, 9.17) is 9.15 Å². The predicted octanol–water partition coefficient (Wildman–Crippen LogP) is 5.36. The molecule has 4 heteroatoms. The molecular weight excluding hydrogens is 338 g/mol. The molecule has 1 aromatic heterocycles. The number of hydrogen-bond acceptors (Lipinski definition) is 4. The van der Waals surface area contributed by atoms with Gasteiger partial charge < -0.3 is 14.5 Å². The predicted molar refractivity (Wildman–Crippen MR) is 108 cm³/mol. The zero-order chi connectivity index (χ0) is 18.5. The molecule has 0 atom stereocenters. The number of benzene rings is 2. The Morgan fingerprint density at radius 3 is 2.63 bits per heavy atom. The highest BCUT2D eigenvalue weighted by Crippen LogP contribution is 2.27. The number of nitrogens with one attached hydrogen (secondary N) is 1. The summed E-state index contributed by atoms with van der Waals surface area (Å²) in [6, 6.07) is 15.4. The van der Waals surface area contributed by atoms with Gasteiger partial charge in [0.2, 0.25) is 5.43 Å². The molecule has 1 N–H and O–H groups in total. The highest BCUT2D eigenvalue weighted by atomic mass is 16.5. The largest absolute Gasteiger partial charge is 0.492 e. The van der Waals surface area contributed by atoms with Crippen LogP contribution in [-0.2, 0) is 6.54 Å². The van der Waals surface area contributed by atoms with Crippen LogP contribution in [0.2, 0.25) is 0 Å². The molecule has 4 rings (SSSR count). The first kappa shape index (κ1) is 17.7. The summed E-state index contributed by atoms with van der Waals surface area (Å²) in [4.78, 5) is 13.0. The van der Waals surface area contributed by atoms with Gasteiger partial charge in [0.15, 0.2) is 0 Å². The molecular formula is C23H25NO3. The molecule has 0 spiro atoms. The molecule has 27 heavy (non-hydrogen) atoms. The van der Waals surface area contributed by atoms with E-state index in [1.807, 2.05) is 48.5 Å². The number of anilines is 1. The fourth-order valence-electron chi connectivity index (χ4n) is 3.74. The van der Waals surface area contributed by atoms with E-state index in [2.05, 4.69) is 5.32 Å². The summed E-state index contributed by atoms with van der Waals surface area (Å²) in [6.45, 7) is 1.09. The van der Waals surface area contributed by atoms with Gasteiger partial charge in [-0.3, -0.25) is 4.79 Å². The van der Waals surface area contributed by atoms with E-state index in [1.54, 1.807) is 6.26 Å². The van der Waals surface area contributed by atoms with E-state index in [1.165, 1.54) is 32.1 Å². The first-order valence-electron chi connectivity index (χ1n) is 9.76. The third kappa shape index (κ3) is 4.16. The lowest BCUT2D eigenvalue weighted by Gasteiger charge is -2.22. The van der Waals surface area contributed by atoms with Gasteiger partial charge in [0.05, 0.1) is 18.4 Å². The van der Waals surface area contributed by atoms with Crippen LogP contribution in [0.5, 0.6) is 5.75 Å². The van der Waals surface area contributed by atoms with Gasteiger partial charge in [-0.15, -0.1) is 0 Å². The minimum atomic E-state index is -0.0288. The number of rotatable bonds is 6. The second kappa shape index (κ2) is 8.30. The van der Waals surface area contributed by atoms with Gasteiger partial charge in [0.25, 0.3) is 0 Å². The summed E-state index contributed by atoms with van der Waals surface area (Å²) < 4.78 is 11.8. The molecule has 0 radical (unpaired) electrons. The summed E-state index contributed by atoms with van der Waals surface area (Å²) in [7, 11) is 0. The lowest BCUT2D eigenvalue weighted by molar-refractivity contribution is 0.210. The van der Waals surface area contributed by atoms with Gasteiger partial charge in [-0.25, -0.2) is 0 Å². The summed E-state index contributed by atoms with van der Waals surface area (Å²) >= 11 is 0. The van der Waals surface area contributed by atoms with Crippen molar-refractivity contribution in [1.29, 1.82) is 0 Å². The molecule has 0 saturated heterocycles. The lowest BCUT2D eigenvalue weighted by atomic mass is 9.90. The first-order chi connectivity index (χ1) is 13.3. The molecule has 3 aromatic rings. The molecule has 1 aliphatic carbocycles. The van der Waals surface area contributed by atoms with Crippen LogP contribution < -0.4 is 15.5 Å². The molecule has 4 nitrogen and oxygen atoms in total. The normalized spacial score (nSPS) is 15.0. The zero-order valence-corrected chi connectivity index (χ0v) is 15.4. The molecule has 0 bridgehead atoms. The Bertz CT molecular complexity index is 943. The average molecular weight is 363 g/mol. The topological polar surface area (TPSA) is 51.5 Å². The Morgan fingerprint density at radius 1 is 1.00 bits per heavy atom. The van der Waals surface area contributed by atoms with Gasteiger partial charge in [-0.05, 0) is 43.0 Å². The molecule has 1 saturated carbocycles. The molecule has 0 aliphatic heterocycles. The van der Waals surface area contributed by atoms with Crippen LogP contribution in [0.25, 0.3) is 11.0 Å². The summed E-state index contributed by atoms with van der Waals surface area (Å²) in [6.07, 6.45) is 7.86. The van der Waals surface area contributed by atoms with Crippen molar-refractivity contribution in [2.45, 2.75) is 38.6 Å². The van der Waals surface area contributed by atoms with E-state index in [-0.39, 0.29) is 5.43 Å². The minimum absolute atomic E-state index is 0.0288. The van der Waals surface area contributed by atoms with Crippen molar-refractivity contribution in [3.8, 4) is 5.75 Å². The molecule has 1 aliphatic rings. The summed E-state index contributed by atoms with van der Waals surface area (Å²) in [5.74, 6) is 1.22. The van der Waals surface area contributed by atoms with E-state index >= 15 is 0 Å². The minimum Gasteiger partial charge on any atom is -0.492 e. The Morgan fingerprint density at radius 2 is 1.81 bits per heavy atom. The lowest BCUT2D eigenvalue weighted by Crippen LogP contribution is -2.17. The smallest absolute Gasteiger partial charge is 0.201 e. The Hall–Kier alpha value is -2.75. The standard InChI is InChI=1S/C23H25NO3/c25-23-18(14-24-19-10-5-2-6-11-19)16-27-21-13-7-12-20(22(21)23)26-15-17-8-3-1-4-9-17/h2,5-7,10-13,16-17,24H,1,3-4,8-9,14-15H2. The maximum Gasteiger partial charge on any atom is 0.201 e. The van der Waals surface area contributed by atoms with E-state index in [0.717, 1.165) is 5.69 Å². The number of ether oxygens (including phenoxy) is 1. The molecule has 1 heterocycles. The Kier molecular flexibility index (Phi) is 5.42. The van der Waals surface area contributed by atoms with Crippen molar-refractivity contribution >= 4 is 16.7 Å². The molecule has 140 valence electrons. The fraction of sp³-hybridized carbons (Fsp3) is 0.348. The van der Waals surface area contributed by atoms with Crippen LogP contribution in [0.15, 0.2) is 64.0 Å². The van der Waals surface area contributed by atoms with Gasteiger partial charge in [0.1, 0.15) is 16.7 Å². The molecule has 0 unspecified atom stereocenters. The average Bonchev–Trinajstić information content (AvgIpc) is 2.73. The van der Waals surface area contributed by atoms with Crippen LogP contribution in [-0.4, -0.2) is 6.61 Å². The summed E-state index contributed by atoms with van der Waals surface area (Å²) in [5, 5.41) is 3.81. The van der Waals surface area contributed by atoms with Crippen LogP contribution in [0.1, 0.15) is 37.7 Å². The second-order valence-electron chi connectivity index (χ2n) is 7.25. The molecule has 1 fully saturated rings. The number of hydrogen-bond donors (Lipinski definition) is 1. The van der Waals surface area contributed by atoms with Crippen molar-refractivity contribution in [3.05, 3.63) is 70.6 Å². The van der Waals surface area contributed by atoms with Crippen LogP contribution in [0.4, 0.5) is 5.69 Å². The van der Waals surface area contributed by atoms with Crippen molar-refractivity contribution in [3.63, 3.8) is 0 Å². The van der Waals surface area contributed by atoms with Gasteiger partial charge in [-0.2, -0.15) is 0 Å². The van der Waals surface area contributed by atoms with Crippen molar-refractivity contribution in [2.24, 2.45) is 5.92 Å². The van der Waals surface area contributed by atoms with Crippen LogP contribution in [0.3, 0.4) is 0 Å². The van der Waals surface area contributed by atoms with E-state index in [0.29, 0.717) is 41.4 Å². The third-order valence-electron chi connectivity index (χ3n) is 5.29. The SMILES string of the molecule is O=c1c(CNc2ccccc2)coc2cccc(OCC3CCCCC3)c12. The van der Waals surface area contributed by atoms with Crippen LogP contribution in [0, 0.1) is 5.92 Å². The quantitative estimate of drug-likeness (QED) is 0.640. The highest BCUT2D eigenvalue weighted by molar-refractivity contribution is 5.83. The van der Waals surface area contributed by atoms with Crippen LogP contribution >= 0.6 is 0 Å². The van der Waals surface area contributed by atoms with Crippen molar-refractivity contribution in [2.75, 3.05) is 11.9 Å². The Balaban J connectivity index is 1.55. The van der Waals surface area contributed by atoms with Gasteiger partial charge >= 0.3 is 0 Å². The van der Waals surface area contributed by atoms with Crippen molar-refractivity contribution in [1.82, 2.24) is 0 Å². The van der Waals surface area contributed by atoms with E-state index in [9.17, 15) is 4.79 Å². The maximum atomic E-state index is 13.0. The summed E-state index contributed by atoms with van der Waals surface area (Å²) in [5.41, 5.74) is 2.11. The Labute approximate surface area is 159 Å². The zero-order valence-electron chi connectivity index (χ0n) is 15.4. The molecule has 0 amide bonds. The third-order valence-corrected chi connectivity index (χ3v) is 5.29. The fourth-order valence-corrected chi connectivity index (χ4v) is 3.74. The second-order valence-corrected chi connectivity index (χ2v) is 7.25. The van der Waals surface area contributed by atoms with Crippen molar-refractivity contribution < 1.29 is 9.15 Å². The highest BCUT2D eigenvalue weighted by Gasteiger charge is 2.16. The number of para-hydroxylation sites is 1. The van der Waals surface area contributed by atoms with Gasteiger partial charge in [-0.1, -0.05) is 43.5 Å². The van der Waals surface area contributed by atoms with Gasteiger partial charge in [0, 0.05) is 12.2 Å². The molecule has 2 aromatic carbocycles. The number of fused-ring (bicyclic) bond motifs is 1.